The molecule has 0 radical (unpaired) electrons. The van der Waals surface area contributed by atoms with Crippen LogP contribution in [0.2, 0.25) is 0 Å². The molecule has 2 amide bonds. The average molecular weight is 466 g/mol. The number of carbonyl (C=O) groups is 3. The number of nitrogens with zero attached hydrogens (tertiary/aromatic N) is 1. The van der Waals surface area contributed by atoms with Gasteiger partial charge in [0.1, 0.15) is 0 Å². The fourth-order valence-corrected chi connectivity index (χ4v) is 3.50. The number of pyridine rings is 1. The zero-order valence-electron chi connectivity index (χ0n) is 19.0. The molecule has 4 rings (SSSR count). The summed E-state index contributed by atoms with van der Waals surface area (Å²) in [6.07, 6.45) is 4.53. The lowest BCUT2D eigenvalue weighted by Crippen LogP contribution is -2.22. The van der Waals surface area contributed by atoms with Gasteiger partial charge in [0, 0.05) is 28.9 Å². The van der Waals surface area contributed by atoms with Crippen LogP contribution in [0.4, 0.5) is 11.4 Å². The van der Waals surface area contributed by atoms with Gasteiger partial charge in [-0.2, -0.15) is 0 Å². The number of aryl methyl sites for hydroxylation is 1. The van der Waals surface area contributed by atoms with Gasteiger partial charge in [0.2, 0.25) is 0 Å². The van der Waals surface area contributed by atoms with Crippen LogP contribution in [0.15, 0.2) is 91.1 Å². The molecule has 1 heterocycles. The molecule has 0 saturated heterocycles. The van der Waals surface area contributed by atoms with E-state index in [9.17, 15) is 14.4 Å². The number of ether oxygens (including phenoxy) is 1. The van der Waals surface area contributed by atoms with E-state index in [0.29, 0.717) is 11.4 Å². The Labute approximate surface area is 202 Å². The van der Waals surface area contributed by atoms with E-state index in [1.807, 2.05) is 55.5 Å². The van der Waals surface area contributed by atoms with Crippen LogP contribution in [-0.2, 0) is 14.3 Å². The maximum Gasteiger partial charge on any atom is 0.331 e. The highest BCUT2D eigenvalue weighted by Crippen LogP contribution is 2.19. The predicted octanol–water partition coefficient (Wildman–Crippen LogP) is 4.99. The summed E-state index contributed by atoms with van der Waals surface area (Å²) in [6, 6.07) is 23.4. The highest BCUT2D eigenvalue weighted by Gasteiger charge is 2.14. The molecular formula is C28H23N3O4. The summed E-state index contributed by atoms with van der Waals surface area (Å²) in [5.41, 5.74) is 3.79. The van der Waals surface area contributed by atoms with E-state index in [1.165, 1.54) is 6.08 Å². The largest absolute Gasteiger partial charge is 0.452 e. The summed E-state index contributed by atoms with van der Waals surface area (Å²) in [7, 11) is 0. The van der Waals surface area contributed by atoms with E-state index >= 15 is 0 Å². The van der Waals surface area contributed by atoms with Crippen LogP contribution in [-0.4, -0.2) is 29.4 Å². The Morgan fingerprint density at radius 1 is 0.914 bits per heavy atom. The second kappa shape index (κ2) is 10.9. The Bertz CT molecular complexity index is 1420. The van der Waals surface area contributed by atoms with Crippen molar-refractivity contribution in [2.75, 3.05) is 17.2 Å². The van der Waals surface area contributed by atoms with E-state index in [1.54, 1.807) is 42.6 Å². The van der Waals surface area contributed by atoms with E-state index in [2.05, 4.69) is 15.6 Å². The molecule has 2 N–H and O–H groups in total. The fraction of sp³-hybridized carbons (Fsp3) is 0.0714. The molecular weight excluding hydrogens is 442 g/mol. The second-order valence-electron chi connectivity index (χ2n) is 7.78. The van der Waals surface area contributed by atoms with Gasteiger partial charge in [0.15, 0.2) is 6.61 Å². The Kier molecular flexibility index (Phi) is 7.28. The highest BCUT2D eigenvalue weighted by atomic mass is 16.5. The smallest absolute Gasteiger partial charge is 0.331 e. The minimum absolute atomic E-state index is 0.289. The summed E-state index contributed by atoms with van der Waals surface area (Å²) in [4.78, 5) is 41.6. The number of anilines is 2. The third kappa shape index (κ3) is 6.17. The van der Waals surface area contributed by atoms with Crippen molar-refractivity contribution in [3.63, 3.8) is 0 Å². The molecule has 0 aliphatic heterocycles. The maximum absolute atomic E-state index is 12.7. The quantitative estimate of drug-likeness (QED) is 0.296. The summed E-state index contributed by atoms with van der Waals surface area (Å²) in [5.74, 6) is -1.59. The molecule has 0 unspecified atom stereocenters. The molecule has 1 aromatic heterocycles. The predicted molar refractivity (Wildman–Crippen MR) is 136 cm³/mol. The molecule has 0 aliphatic carbocycles. The molecule has 0 spiro atoms. The van der Waals surface area contributed by atoms with Crippen LogP contribution in [0.3, 0.4) is 0 Å². The van der Waals surface area contributed by atoms with Gasteiger partial charge in [0.25, 0.3) is 11.8 Å². The van der Waals surface area contributed by atoms with Gasteiger partial charge in [-0.1, -0.05) is 48.5 Å². The number of benzene rings is 3. The normalized spacial score (nSPS) is 10.8. The average Bonchev–Trinajstić information content (AvgIpc) is 2.86. The second-order valence-corrected chi connectivity index (χ2v) is 7.78. The molecule has 174 valence electrons. The summed E-state index contributed by atoms with van der Waals surface area (Å²) < 4.78 is 5.06. The Balaban J connectivity index is 1.35. The van der Waals surface area contributed by atoms with Gasteiger partial charge < -0.3 is 15.4 Å². The number of hydrogen-bond donors (Lipinski definition) is 2. The van der Waals surface area contributed by atoms with Crippen LogP contribution >= 0.6 is 0 Å². The van der Waals surface area contributed by atoms with Crippen molar-refractivity contribution in [2.45, 2.75) is 6.92 Å². The van der Waals surface area contributed by atoms with Gasteiger partial charge in [0.05, 0.1) is 16.8 Å². The molecule has 35 heavy (non-hydrogen) atoms. The number of hydrogen-bond acceptors (Lipinski definition) is 5. The van der Waals surface area contributed by atoms with Crippen molar-refractivity contribution >= 4 is 46.1 Å². The number of amides is 2. The van der Waals surface area contributed by atoms with Crippen molar-refractivity contribution in [1.82, 2.24) is 4.98 Å². The van der Waals surface area contributed by atoms with Crippen LogP contribution in [0, 0.1) is 6.92 Å². The van der Waals surface area contributed by atoms with Crippen LogP contribution in [0.1, 0.15) is 21.5 Å². The summed E-state index contributed by atoms with van der Waals surface area (Å²) in [5, 5.41) is 6.40. The SMILES string of the molecule is Cc1cccc(NC(=O)c2ccccc2NC(=O)COC(=O)/C=C/c2cccc3cccnc23)c1. The van der Waals surface area contributed by atoms with E-state index in [4.69, 9.17) is 4.74 Å². The zero-order valence-corrected chi connectivity index (χ0v) is 19.0. The third-order valence-corrected chi connectivity index (χ3v) is 5.13. The number of para-hydroxylation sites is 2. The minimum atomic E-state index is -0.668. The monoisotopic (exact) mass is 465 g/mol. The number of nitrogens with one attached hydrogen (secondary N) is 2. The molecule has 0 fully saturated rings. The van der Waals surface area contributed by atoms with Gasteiger partial charge >= 0.3 is 5.97 Å². The molecule has 0 aliphatic rings. The Morgan fingerprint density at radius 2 is 1.71 bits per heavy atom. The number of rotatable bonds is 7. The fourth-order valence-electron chi connectivity index (χ4n) is 3.50. The number of fused-ring (bicyclic) bond motifs is 1. The first-order valence-corrected chi connectivity index (χ1v) is 10.9. The molecule has 4 aromatic rings. The standard InChI is InChI=1S/C28H23N3O4/c1-19-7-4-11-22(17-19)30-28(34)23-12-2-3-13-24(23)31-25(32)18-35-26(33)15-14-21-9-5-8-20-10-6-16-29-27(20)21/h2-17H,18H2,1H3,(H,30,34)(H,31,32)/b15-14+. The highest BCUT2D eigenvalue weighted by molar-refractivity contribution is 6.10. The summed E-state index contributed by atoms with van der Waals surface area (Å²) >= 11 is 0. The first-order chi connectivity index (χ1) is 17.0. The summed E-state index contributed by atoms with van der Waals surface area (Å²) in [6.45, 7) is 1.43. The van der Waals surface area contributed by atoms with Gasteiger partial charge in [-0.3, -0.25) is 14.6 Å². The molecule has 0 atom stereocenters. The lowest BCUT2D eigenvalue weighted by atomic mass is 10.1. The Hall–Kier alpha value is -4.78. The van der Waals surface area contributed by atoms with Crippen molar-refractivity contribution in [3.8, 4) is 0 Å². The molecule has 0 saturated carbocycles. The topological polar surface area (TPSA) is 97.4 Å². The Morgan fingerprint density at radius 3 is 2.57 bits per heavy atom. The molecule has 3 aromatic carbocycles. The maximum atomic E-state index is 12.7. The lowest BCUT2D eigenvalue weighted by Gasteiger charge is -2.12. The van der Waals surface area contributed by atoms with E-state index in [-0.39, 0.29) is 11.5 Å². The van der Waals surface area contributed by atoms with Crippen LogP contribution < -0.4 is 10.6 Å². The van der Waals surface area contributed by atoms with Crippen molar-refractivity contribution in [3.05, 3.63) is 108 Å². The molecule has 0 bridgehead atoms. The van der Waals surface area contributed by atoms with Crippen LogP contribution in [0.5, 0.6) is 0 Å². The van der Waals surface area contributed by atoms with Crippen molar-refractivity contribution in [2.24, 2.45) is 0 Å². The van der Waals surface area contributed by atoms with E-state index in [0.717, 1.165) is 22.0 Å². The molecule has 7 heteroatoms. The van der Waals surface area contributed by atoms with Crippen LogP contribution in [0.25, 0.3) is 17.0 Å². The van der Waals surface area contributed by atoms with Crippen molar-refractivity contribution < 1.29 is 19.1 Å². The number of aromatic nitrogens is 1. The van der Waals surface area contributed by atoms with E-state index < -0.39 is 18.5 Å². The zero-order chi connectivity index (χ0) is 24.6. The van der Waals surface area contributed by atoms with Crippen molar-refractivity contribution in [1.29, 1.82) is 0 Å². The van der Waals surface area contributed by atoms with Gasteiger partial charge in [-0.15, -0.1) is 0 Å². The minimum Gasteiger partial charge on any atom is -0.452 e. The number of esters is 1. The number of carbonyl (C=O) groups excluding carboxylic acids is 3. The lowest BCUT2D eigenvalue weighted by molar-refractivity contribution is -0.142. The molecule has 7 nitrogen and oxygen atoms in total. The van der Waals surface area contributed by atoms with Gasteiger partial charge in [-0.05, 0) is 48.9 Å². The first-order valence-electron chi connectivity index (χ1n) is 10.9. The third-order valence-electron chi connectivity index (χ3n) is 5.13. The van der Waals surface area contributed by atoms with Gasteiger partial charge in [-0.25, -0.2) is 4.79 Å². The first kappa shape index (κ1) is 23.4.